The Morgan fingerprint density at radius 3 is 1.80 bits per heavy atom. The molecule has 1 aliphatic rings. The van der Waals surface area contributed by atoms with E-state index in [1.54, 1.807) is 6.26 Å². The Balaban J connectivity index is 0.000000251. The van der Waals surface area contributed by atoms with Gasteiger partial charge in [-0.2, -0.15) is 17.6 Å². The van der Waals surface area contributed by atoms with E-state index in [2.05, 4.69) is 17.9 Å². The van der Waals surface area contributed by atoms with Crippen LogP contribution in [0.4, 0.5) is 11.4 Å². The molecule has 1 radical (unpaired) electrons. The quantitative estimate of drug-likeness (QED) is 0.497. The van der Waals surface area contributed by atoms with E-state index in [0.29, 0.717) is 0 Å². The van der Waals surface area contributed by atoms with Crippen LogP contribution in [-0.2, 0) is 45.3 Å². The first-order valence-electron chi connectivity index (χ1n) is 2.68. The number of para-hydroxylation sites is 2. The van der Waals surface area contributed by atoms with Crippen molar-refractivity contribution in [1.29, 1.82) is 0 Å². The van der Waals surface area contributed by atoms with E-state index in [-0.39, 0.29) is 32.7 Å². The second-order valence-electron chi connectivity index (χ2n) is 1.60. The molecular formula is C7H7NSY-2. The van der Waals surface area contributed by atoms with Gasteiger partial charge in [-0.1, -0.05) is 24.3 Å². The molecule has 0 amide bonds. The Labute approximate surface area is 91.9 Å². The molecule has 0 saturated heterocycles. The van der Waals surface area contributed by atoms with E-state index in [1.165, 1.54) is 0 Å². The molecule has 0 spiro atoms. The van der Waals surface area contributed by atoms with E-state index >= 15 is 0 Å². The van der Waals surface area contributed by atoms with Crippen LogP contribution in [0.25, 0.3) is 5.32 Å². The van der Waals surface area contributed by atoms with Crippen molar-refractivity contribution >= 4 is 24.0 Å². The Hall–Kier alpha value is 0.474. The zero-order valence-electron chi connectivity index (χ0n) is 5.74. The third-order valence-corrected chi connectivity index (χ3v) is 1.07. The van der Waals surface area contributed by atoms with Crippen molar-refractivity contribution in [3.63, 3.8) is 0 Å². The van der Waals surface area contributed by atoms with Crippen molar-refractivity contribution in [2.24, 2.45) is 0 Å². The zero-order chi connectivity index (χ0) is 6.69. The molecule has 1 aromatic carbocycles. The van der Waals surface area contributed by atoms with Gasteiger partial charge < -0.3 is 17.9 Å². The van der Waals surface area contributed by atoms with Crippen molar-refractivity contribution in [2.75, 3.05) is 6.26 Å². The second kappa shape index (κ2) is 5.17. The summed E-state index contributed by atoms with van der Waals surface area (Å²) in [5.41, 5.74) is 2.31. The Morgan fingerprint density at radius 1 is 1.10 bits per heavy atom. The van der Waals surface area contributed by atoms with Gasteiger partial charge in [0.15, 0.2) is 0 Å². The van der Waals surface area contributed by atoms with E-state index in [9.17, 15) is 0 Å². The van der Waals surface area contributed by atoms with Gasteiger partial charge in [0.1, 0.15) is 0 Å². The SMILES string of the molecule is C[S-].[Y].c1ccc2c(c1)[N-]2. The van der Waals surface area contributed by atoms with E-state index in [1.807, 2.05) is 24.3 Å². The molecular weight excluding hydrogens is 219 g/mol. The summed E-state index contributed by atoms with van der Waals surface area (Å²) < 4.78 is 0. The fourth-order valence-corrected chi connectivity index (χ4v) is 0.641. The topological polar surface area (TPSA) is 14.1 Å². The number of hydrogen-bond acceptors (Lipinski definition) is 1. The number of hydrogen-bond donors (Lipinski definition) is 0. The molecule has 3 heteroatoms. The number of fused-ring (bicyclic) bond motifs is 1. The van der Waals surface area contributed by atoms with Crippen molar-refractivity contribution in [1.82, 2.24) is 0 Å². The molecule has 51 valence electrons. The average molecular weight is 226 g/mol. The molecule has 0 atom stereocenters. The van der Waals surface area contributed by atoms with Crippen LogP contribution in [0.1, 0.15) is 0 Å². The smallest absolute Gasteiger partial charge is 0 e. The minimum atomic E-state index is 0. The first kappa shape index (κ1) is 10.5. The first-order valence-corrected chi connectivity index (χ1v) is 3.50. The van der Waals surface area contributed by atoms with Crippen LogP contribution < -0.4 is 0 Å². The summed E-state index contributed by atoms with van der Waals surface area (Å²) in [5.74, 6) is 0. The van der Waals surface area contributed by atoms with Crippen LogP contribution in [0.3, 0.4) is 0 Å². The summed E-state index contributed by atoms with van der Waals surface area (Å²) in [6.07, 6.45) is 1.58. The zero-order valence-corrected chi connectivity index (χ0v) is 9.40. The largest absolute Gasteiger partial charge is 0.796 e. The van der Waals surface area contributed by atoms with Gasteiger partial charge >= 0.3 is 0 Å². The maximum Gasteiger partial charge on any atom is 0 e. The fourth-order valence-electron chi connectivity index (χ4n) is 0.641. The van der Waals surface area contributed by atoms with Crippen LogP contribution >= 0.6 is 0 Å². The van der Waals surface area contributed by atoms with E-state index < -0.39 is 0 Å². The molecule has 0 aliphatic carbocycles. The monoisotopic (exact) mass is 226 g/mol. The predicted octanol–water partition coefficient (Wildman–Crippen LogP) is 2.50. The van der Waals surface area contributed by atoms with Crippen LogP contribution in [0.5, 0.6) is 0 Å². The Bertz CT molecular complexity index is 182. The summed E-state index contributed by atoms with van der Waals surface area (Å²) in [4.78, 5) is 0. The first-order chi connectivity index (χ1) is 4.47. The molecule has 0 fully saturated rings. The van der Waals surface area contributed by atoms with Gasteiger partial charge in [0, 0.05) is 32.7 Å². The summed E-state index contributed by atoms with van der Waals surface area (Å²) in [6, 6.07) is 8.01. The van der Waals surface area contributed by atoms with Gasteiger partial charge in [-0.05, 0) is 0 Å². The van der Waals surface area contributed by atoms with Gasteiger partial charge in [-0.25, -0.2) is 0 Å². The Kier molecular flexibility index (Phi) is 5.41. The summed E-state index contributed by atoms with van der Waals surface area (Å²) in [6.45, 7) is 0. The van der Waals surface area contributed by atoms with Crippen LogP contribution in [0, 0.1) is 0 Å². The van der Waals surface area contributed by atoms with Gasteiger partial charge in [0.2, 0.25) is 0 Å². The van der Waals surface area contributed by atoms with Crippen LogP contribution in [0.15, 0.2) is 24.3 Å². The summed E-state index contributed by atoms with van der Waals surface area (Å²) >= 11 is 4.08. The molecule has 0 saturated carbocycles. The Morgan fingerprint density at radius 2 is 1.50 bits per heavy atom. The minimum absolute atomic E-state index is 0. The molecule has 0 N–H and O–H groups in total. The van der Waals surface area contributed by atoms with Gasteiger partial charge in [0.25, 0.3) is 0 Å². The van der Waals surface area contributed by atoms with Crippen LogP contribution in [-0.4, -0.2) is 6.26 Å². The molecule has 1 nitrogen and oxygen atoms in total. The molecule has 2 rings (SSSR count). The standard InChI is InChI=1S/C6H4N.CH4S.Y/c1-2-4-6-5(3-1)7-6;1-2;/h1-4H;2H,1H3;/q-1;;/p-1. The van der Waals surface area contributed by atoms with E-state index in [0.717, 1.165) is 11.4 Å². The molecule has 1 aliphatic heterocycles. The average Bonchev–Trinajstić information content (AvgIpc) is 2.69. The summed E-state index contributed by atoms with van der Waals surface area (Å²) in [7, 11) is 0. The molecule has 1 heterocycles. The number of benzene rings is 1. The predicted molar refractivity (Wildman–Crippen MR) is 42.4 cm³/mol. The number of rotatable bonds is 0. The normalized spacial score (nSPS) is 9.00. The molecule has 10 heavy (non-hydrogen) atoms. The molecule has 0 bridgehead atoms. The van der Waals surface area contributed by atoms with Gasteiger partial charge in [-0.3, -0.25) is 0 Å². The van der Waals surface area contributed by atoms with Crippen LogP contribution in [0.2, 0.25) is 0 Å². The third kappa shape index (κ3) is 2.61. The van der Waals surface area contributed by atoms with Gasteiger partial charge in [-0.15, -0.1) is 0 Å². The van der Waals surface area contributed by atoms with Crippen molar-refractivity contribution < 1.29 is 32.7 Å². The third-order valence-electron chi connectivity index (χ3n) is 1.07. The fraction of sp³-hybridized carbons (Fsp3) is 0.143. The number of nitrogens with zero attached hydrogens (tertiary/aromatic N) is 1. The van der Waals surface area contributed by atoms with E-state index in [4.69, 9.17) is 0 Å². The minimum Gasteiger partial charge on any atom is -0.796 e. The second-order valence-corrected chi connectivity index (χ2v) is 1.60. The van der Waals surface area contributed by atoms with Crippen molar-refractivity contribution in [3.8, 4) is 0 Å². The maximum absolute atomic E-state index is 4.08. The van der Waals surface area contributed by atoms with Crippen molar-refractivity contribution in [3.05, 3.63) is 29.6 Å². The molecule has 0 unspecified atom stereocenters. The van der Waals surface area contributed by atoms with Crippen molar-refractivity contribution in [2.45, 2.75) is 0 Å². The maximum atomic E-state index is 4.08. The van der Waals surface area contributed by atoms with Gasteiger partial charge in [0.05, 0.1) is 0 Å². The molecule has 0 aromatic heterocycles. The molecule has 1 aromatic rings. The summed E-state index contributed by atoms with van der Waals surface area (Å²) in [5, 5.41) is 4.01.